The van der Waals surface area contributed by atoms with E-state index in [0.717, 1.165) is 24.5 Å². The Labute approximate surface area is 193 Å². The number of esters is 1. The van der Waals surface area contributed by atoms with Gasteiger partial charge in [0.1, 0.15) is 19.0 Å². The summed E-state index contributed by atoms with van der Waals surface area (Å²) in [5.74, 6) is 1.29. The summed E-state index contributed by atoms with van der Waals surface area (Å²) in [4.78, 5) is 31.4. The summed E-state index contributed by atoms with van der Waals surface area (Å²) >= 11 is 0. The number of carbonyl (C=O) groups is 2. The predicted molar refractivity (Wildman–Crippen MR) is 121 cm³/mol. The maximum Gasteiger partial charge on any atom is 0.340 e. The highest BCUT2D eigenvalue weighted by Gasteiger charge is 2.22. The van der Waals surface area contributed by atoms with E-state index in [9.17, 15) is 9.59 Å². The fourth-order valence-corrected chi connectivity index (χ4v) is 3.80. The lowest BCUT2D eigenvalue weighted by atomic mass is 9.95. The molecule has 2 aliphatic rings. The van der Waals surface area contributed by atoms with Crippen molar-refractivity contribution in [3.8, 4) is 11.5 Å². The molecule has 9 heteroatoms. The van der Waals surface area contributed by atoms with Crippen LogP contribution in [0.2, 0.25) is 0 Å². The van der Waals surface area contributed by atoms with E-state index in [1.54, 1.807) is 12.1 Å². The van der Waals surface area contributed by atoms with Gasteiger partial charge in [-0.15, -0.1) is 0 Å². The number of rotatable bonds is 7. The monoisotopic (exact) mass is 455 g/mol. The lowest BCUT2D eigenvalue weighted by molar-refractivity contribution is -0.125. The predicted octanol–water partition coefficient (Wildman–Crippen LogP) is 2.36. The molecule has 9 nitrogen and oxygen atoms in total. The van der Waals surface area contributed by atoms with Crippen molar-refractivity contribution in [3.05, 3.63) is 47.7 Å². The molecule has 3 heterocycles. The smallest absolute Gasteiger partial charge is 0.340 e. The van der Waals surface area contributed by atoms with E-state index in [4.69, 9.17) is 18.9 Å². The number of hydrogen-bond acceptors (Lipinski definition) is 8. The molecule has 0 aliphatic carbocycles. The van der Waals surface area contributed by atoms with E-state index in [1.165, 1.54) is 6.20 Å². The molecule has 0 bridgehead atoms. The Morgan fingerprint density at radius 1 is 1.06 bits per heavy atom. The SMILES string of the molecule is CC(C)C(NC(=O)COC(=O)c1ccc(N2CCOCC2)nc1)c1ccc2c(c1)OCCO2. The summed E-state index contributed by atoms with van der Waals surface area (Å²) in [5, 5.41) is 2.95. The van der Waals surface area contributed by atoms with Crippen LogP contribution in [-0.2, 0) is 14.3 Å². The first-order chi connectivity index (χ1) is 16.0. The molecule has 1 fully saturated rings. The zero-order chi connectivity index (χ0) is 23.2. The molecule has 4 rings (SSSR count). The van der Waals surface area contributed by atoms with Gasteiger partial charge in [0, 0.05) is 19.3 Å². The largest absolute Gasteiger partial charge is 0.486 e. The molecule has 176 valence electrons. The van der Waals surface area contributed by atoms with Crippen molar-refractivity contribution < 1.29 is 28.5 Å². The minimum Gasteiger partial charge on any atom is -0.486 e. The lowest BCUT2D eigenvalue weighted by Gasteiger charge is -2.27. The van der Waals surface area contributed by atoms with Crippen LogP contribution in [0.1, 0.15) is 35.8 Å². The molecule has 0 radical (unpaired) electrons. The van der Waals surface area contributed by atoms with Crippen molar-refractivity contribution in [2.75, 3.05) is 51.0 Å². The average molecular weight is 456 g/mol. The second kappa shape index (κ2) is 10.5. The normalized spacial score (nSPS) is 16.3. The number of hydrogen-bond donors (Lipinski definition) is 1. The maximum atomic E-state index is 12.5. The summed E-state index contributed by atoms with van der Waals surface area (Å²) < 4.78 is 21.8. The van der Waals surface area contributed by atoms with Crippen molar-refractivity contribution in [2.45, 2.75) is 19.9 Å². The molecule has 33 heavy (non-hydrogen) atoms. The Balaban J connectivity index is 1.32. The van der Waals surface area contributed by atoms with Gasteiger partial charge in [0.2, 0.25) is 0 Å². The van der Waals surface area contributed by atoms with Gasteiger partial charge in [-0.1, -0.05) is 19.9 Å². The van der Waals surface area contributed by atoms with Crippen LogP contribution in [0.25, 0.3) is 0 Å². The zero-order valence-electron chi connectivity index (χ0n) is 18.9. The van der Waals surface area contributed by atoms with Gasteiger partial charge in [-0.05, 0) is 35.7 Å². The number of amides is 1. The summed E-state index contributed by atoms with van der Waals surface area (Å²) in [7, 11) is 0. The molecule has 1 aromatic heterocycles. The standard InChI is InChI=1S/C24H29N3O6/c1-16(2)23(17-3-5-19-20(13-17)32-12-11-31-19)26-22(28)15-33-24(29)18-4-6-21(25-14-18)27-7-9-30-10-8-27/h3-6,13-14,16,23H,7-12,15H2,1-2H3,(H,26,28). The van der Waals surface area contributed by atoms with Gasteiger partial charge in [-0.3, -0.25) is 4.79 Å². The second-order valence-electron chi connectivity index (χ2n) is 8.27. The molecule has 2 aromatic rings. The number of anilines is 1. The van der Waals surface area contributed by atoms with Gasteiger partial charge in [0.15, 0.2) is 18.1 Å². The minimum absolute atomic E-state index is 0.115. The fourth-order valence-electron chi connectivity index (χ4n) is 3.80. The van der Waals surface area contributed by atoms with Crippen LogP contribution in [0.4, 0.5) is 5.82 Å². The minimum atomic E-state index is -0.591. The average Bonchev–Trinajstić information content (AvgIpc) is 2.86. The van der Waals surface area contributed by atoms with Crippen molar-refractivity contribution in [1.29, 1.82) is 0 Å². The van der Waals surface area contributed by atoms with Gasteiger partial charge in [-0.25, -0.2) is 9.78 Å². The van der Waals surface area contributed by atoms with Gasteiger partial charge in [0.05, 0.1) is 24.8 Å². The fraction of sp³-hybridized carbons (Fsp3) is 0.458. The molecule has 0 saturated carbocycles. The van der Waals surface area contributed by atoms with Crippen molar-refractivity contribution >= 4 is 17.7 Å². The third-order valence-electron chi connectivity index (χ3n) is 5.56. The van der Waals surface area contributed by atoms with Gasteiger partial charge >= 0.3 is 5.97 Å². The highest BCUT2D eigenvalue weighted by molar-refractivity contribution is 5.91. The Morgan fingerprint density at radius 2 is 1.82 bits per heavy atom. The molecule has 1 aromatic carbocycles. The summed E-state index contributed by atoms with van der Waals surface area (Å²) in [6, 6.07) is 8.81. The number of nitrogens with one attached hydrogen (secondary N) is 1. The van der Waals surface area contributed by atoms with Crippen LogP contribution in [-0.4, -0.2) is 63.0 Å². The Hall–Kier alpha value is -3.33. The molecule has 1 N–H and O–H groups in total. The number of fused-ring (bicyclic) bond motifs is 1. The first kappa shape index (κ1) is 22.8. The van der Waals surface area contributed by atoms with Gasteiger partial charge < -0.3 is 29.2 Å². The van der Waals surface area contributed by atoms with E-state index in [1.807, 2.05) is 32.0 Å². The molecule has 1 atom stereocenters. The first-order valence-corrected chi connectivity index (χ1v) is 11.2. The van der Waals surface area contributed by atoms with Gasteiger partial charge in [-0.2, -0.15) is 0 Å². The second-order valence-corrected chi connectivity index (χ2v) is 8.27. The molecule has 1 unspecified atom stereocenters. The quantitative estimate of drug-likeness (QED) is 0.636. The first-order valence-electron chi connectivity index (χ1n) is 11.2. The van der Waals surface area contributed by atoms with Crippen LogP contribution >= 0.6 is 0 Å². The van der Waals surface area contributed by atoms with Crippen LogP contribution < -0.4 is 19.7 Å². The third-order valence-corrected chi connectivity index (χ3v) is 5.56. The van der Waals surface area contributed by atoms with Gasteiger partial charge in [0.25, 0.3) is 5.91 Å². The van der Waals surface area contributed by atoms with E-state index < -0.39 is 5.97 Å². The molecule has 2 aliphatic heterocycles. The third kappa shape index (κ3) is 5.73. The van der Waals surface area contributed by atoms with Crippen molar-refractivity contribution in [2.24, 2.45) is 5.92 Å². The summed E-state index contributed by atoms with van der Waals surface area (Å²) in [5.41, 5.74) is 1.20. The Morgan fingerprint density at radius 3 is 2.52 bits per heavy atom. The maximum absolute atomic E-state index is 12.5. The number of pyridine rings is 1. The summed E-state index contributed by atoms with van der Waals surface area (Å²) in [6.07, 6.45) is 1.47. The molecular weight excluding hydrogens is 426 g/mol. The van der Waals surface area contributed by atoms with E-state index in [2.05, 4.69) is 15.2 Å². The van der Waals surface area contributed by atoms with Crippen molar-refractivity contribution in [3.63, 3.8) is 0 Å². The van der Waals surface area contributed by atoms with Crippen LogP contribution in [0.5, 0.6) is 11.5 Å². The Bertz CT molecular complexity index is 973. The van der Waals surface area contributed by atoms with E-state index in [0.29, 0.717) is 43.5 Å². The van der Waals surface area contributed by atoms with Crippen LogP contribution in [0.15, 0.2) is 36.5 Å². The van der Waals surface area contributed by atoms with Crippen molar-refractivity contribution in [1.82, 2.24) is 10.3 Å². The molecule has 1 saturated heterocycles. The highest BCUT2D eigenvalue weighted by atomic mass is 16.6. The number of nitrogens with zero attached hydrogens (tertiary/aromatic N) is 2. The highest BCUT2D eigenvalue weighted by Crippen LogP contribution is 2.34. The van der Waals surface area contributed by atoms with Crippen LogP contribution in [0.3, 0.4) is 0 Å². The summed E-state index contributed by atoms with van der Waals surface area (Å²) in [6.45, 7) is 7.49. The molecule has 1 amide bonds. The lowest BCUT2D eigenvalue weighted by Crippen LogP contribution is -2.36. The topological polar surface area (TPSA) is 99.2 Å². The number of benzene rings is 1. The van der Waals surface area contributed by atoms with Crippen LogP contribution in [0, 0.1) is 5.92 Å². The molecule has 0 spiro atoms. The number of aromatic nitrogens is 1. The number of carbonyl (C=O) groups excluding carboxylic acids is 2. The van der Waals surface area contributed by atoms with E-state index in [-0.39, 0.29) is 24.5 Å². The Kier molecular flexibility index (Phi) is 7.29. The zero-order valence-corrected chi connectivity index (χ0v) is 18.9. The number of ether oxygens (including phenoxy) is 4. The van der Waals surface area contributed by atoms with E-state index >= 15 is 0 Å². The number of morpholine rings is 1. The molecular formula is C24H29N3O6.